The van der Waals surface area contributed by atoms with E-state index >= 15 is 0 Å². The summed E-state index contributed by atoms with van der Waals surface area (Å²) >= 11 is 6.33. The summed E-state index contributed by atoms with van der Waals surface area (Å²) in [5, 5.41) is 0.128. The molecule has 0 saturated carbocycles. The number of hydrogen-bond acceptors (Lipinski definition) is 4. The fraction of sp³-hybridized carbons (Fsp3) is 0.217. The first-order chi connectivity index (χ1) is 15.4. The number of carbonyl (C=O) groups excluding carboxylic acids is 1. The van der Waals surface area contributed by atoms with Crippen molar-refractivity contribution in [2.75, 3.05) is 18.0 Å². The Kier molecular flexibility index (Phi) is 6.55. The molecule has 3 aromatic rings. The van der Waals surface area contributed by atoms with E-state index in [0.717, 1.165) is 12.8 Å². The van der Waals surface area contributed by atoms with E-state index in [0.29, 0.717) is 24.5 Å². The molecule has 0 N–H and O–H groups in total. The van der Waals surface area contributed by atoms with E-state index in [9.17, 15) is 17.6 Å². The second-order valence-electron chi connectivity index (χ2n) is 7.44. The third kappa shape index (κ3) is 4.67. The van der Waals surface area contributed by atoms with Gasteiger partial charge in [0.1, 0.15) is 5.82 Å². The van der Waals surface area contributed by atoms with E-state index < -0.39 is 21.7 Å². The molecule has 9 heteroatoms. The van der Waals surface area contributed by atoms with Crippen LogP contribution in [0.2, 0.25) is 5.02 Å². The number of sulfonamides is 1. The molecular formula is C23H21ClFN3O3S. The number of pyridine rings is 1. The monoisotopic (exact) mass is 473 g/mol. The van der Waals surface area contributed by atoms with Crippen molar-refractivity contribution < 1.29 is 17.6 Å². The zero-order valence-corrected chi connectivity index (χ0v) is 18.7. The summed E-state index contributed by atoms with van der Waals surface area (Å²) in [7, 11) is -3.72. The lowest BCUT2D eigenvalue weighted by atomic mass is 10.1. The van der Waals surface area contributed by atoms with Crippen molar-refractivity contribution in [3.05, 3.63) is 89.0 Å². The minimum atomic E-state index is -3.72. The number of hydrogen-bond donors (Lipinski definition) is 0. The van der Waals surface area contributed by atoms with Crippen molar-refractivity contribution in [2.24, 2.45) is 0 Å². The van der Waals surface area contributed by atoms with Gasteiger partial charge in [-0.1, -0.05) is 17.7 Å². The van der Waals surface area contributed by atoms with Crippen LogP contribution in [0.5, 0.6) is 0 Å². The average Bonchev–Trinajstić information content (AvgIpc) is 3.35. The molecule has 0 aliphatic carbocycles. The Labute approximate surface area is 191 Å². The molecule has 0 radical (unpaired) electrons. The number of carbonyl (C=O) groups is 1. The van der Waals surface area contributed by atoms with Crippen LogP contribution in [0, 0.1) is 5.82 Å². The summed E-state index contributed by atoms with van der Waals surface area (Å²) in [6.07, 6.45) is 3.22. The summed E-state index contributed by atoms with van der Waals surface area (Å²) in [6.45, 7) is 1.01. The minimum Gasteiger partial charge on any atom is -0.302 e. The van der Waals surface area contributed by atoms with Crippen LogP contribution in [0.25, 0.3) is 0 Å². The molecule has 6 nitrogen and oxygen atoms in total. The van der Waals surface area contributed by atoms with Crippen molar-refractivity contribution in [3.63, 3.8) is 0 Å². The number of aromatic nitrogens is 1. The first-order valence-corrected chi connectivity index (χ1v) is 11.9. The molecule has 1 aliphatic heterocycles. The molecule has 1 amide bonds. The molecule has 0 bridgehead atoms. The van der Waals surface area contributed by atoms with Gasteiger partial charge in [0.05, 0.1) is 27.7 Å². The van der Waals surface area contributed by atoms with E-state index in [4.69, 9.17) is 11.6 Å². The fourth-order valence-corrected chi connectivity index (χ4v) is 5.35. The number of benzene rings is 2. The van der Waals surface area contributed by atoms with Gasteiger partial charge in [-0.05, 0) is 67.4 Å². The lowest BCUT2D eigenvalue weighted by Gasteiger charge is -2.24. The summed E-state index contributed by atoms with van der Waals surface area (Å²) < 4.78 is 40.9. The van der Waals surface area contributed by atoms with Crippen LogP contribution in [0.15, 0.2) is 71.8 Å². The third-order valence-corrected chi connectivity index (χ3v) is 7.52. The number of halogens is 2. The van der Waals surface area contributed by atoms with Crippen LogP contribution >= 0.6 is 11.6 Å². The Balaban J connectivity index is 1.73. The fourth-order valence-electron chi connectivity index (χ4n) is 3.61. The summed E-state index contributed by atoms with van der Waals surface area (Å²) in [5.41, 5.74) is 1.10. The highest BCUT2D eigenvalue weighted by Crippen LogP contribution is 2.28. The molecule has 166 valence electrons. The Morgan fingerprint density at radius 2 is 1.78 bits per heavy atom. The molecule has 1 fully saturated rings. The van der Waals surface area contributed by atoms with Gasteiger partial charge < -0.3 is 4.90 Å². The standard InChI is InChI=1S/C23H21ClFN3O3S/c24-22-11-10-20(32(30,31)27-13-3-4-14-27)15-21(22)23(29)28(16-18-5-1-2-12-26-18)19-8-6-17(25)7-9-19/h1-2,5-12,15H,3-4,13-14,16H2. The van der Waals surface area contributed by atoms with Crippen molar-refractivity contribution in [1.29, 1.82) is 0 Å². The minimum absolute atomic E-state index is 0.0176. The van der Waals surface area contributed by atoms with Gasteiger partial charge in [0, 0.05) is 25.0 Å². The first kappa shape index (κ1) is 22.4. The molecule has 0 spiro atoms. The predicted octanol–water partition coefficient (Wildman–Crippen LogP) is 4.51. The second kappa shape index (κ2) is 9.36. The molecule has 4 rings (SSSR count). The predicted molar refractivity (Wildman–Crippen MR) is 121 cm³/mol. The van der Waals surface area contributed by atoms with Gasteiger partial charge >= 0.3 is 0 Å². The van der Waals surface area contributed by atoms with E-state index in [-0.39, 0.29) is 22.0 Å². The van der Waals surface area contributed by atoms with Gasteiger partial charge in [-0.2, -0.15) is 4.31 Å². The Bertz CT molecular complexity index is 1210. The van der Waals surface area contributed by atoms with Crippen molar-refractivity contribution in [2.45, 2.75) is 24.3 Å². The first-order valence-electron chi connectivity index (χ1n) is 10.1. The van der Waals surface area contributed by atoms with Crippen LogP contribution in [0.1, 0.15) is 28.9 Å². The molecule has 0 atom stereocenters. The maximum Gasteiger partial charge on any atom is 0.260 e. The Hall–Kier alpha value is -2.81. The molecule has 1 aliphatic rings. The van der Waals surface area contributed by atoms with Crippen LogP contribution in [0.4, 0.5) is 10.1 Å². The van der Waals surface area contributed by atoms with E-state index in [1.165, 1.54) is 51.7 Å². The highest BCUT2D eigenvalue weighted by atomic mass is 35.5. The highest BCUT2D eigenvalue weighted by molar-refractivity contribution is 7.89. The molecule has 0 unspecified atom stereocenters. The average molecular weight is 474 g/mol. The van der Waals surface area contributed by atoms with Crippen LogP contribution in [-0.4, -0.2) is 36.7 Å². The van der Waals surface area contributed by atoms with E-state index in [1.807, 2.05) is 0 Å². The molecule has 32 heavy (non-hydrogen) atoms. The maximum absolute atomic E-state index is 13.6. The number of anilines is 1. The zero-order valence-electron chi connectivity index (χ0n) is 17.1. The van der Waals surface area contributed by atoms with Crippen LogP contribution < -0.4 is 4.90 Å². The van der Waals surface area contributed by atoms with Crippen LogP contribution in [0.3, 0.4) is 0 Å². The molecule has 1 aromatic heterocycles. The summed E-state index contributed by atoms with van der Waals surface area (Å²) in [6, 6.07) is 14.9. The molecular weight excluding hydrogens is 453 g/mol. The Morgan fingerprint density at radius 3 is 2.44 bits per heavy atom. The normalized spacial score (nSPS) is 14.4. The smallest absolute Gasteiger partial charge is 0.260 e. The molecule has 2 heterocycles. The second-order valence-corrected chi connectivity index (χ2v) is 9.79. The quantitative estimate of drug-likeness (QED) is 0.528. The van der Waals surface area contributed by atoms with E-state index in [1.54, 1.807) is 24.4 Å². The van der Waals surface area contributed by atoms with Crippen molar-refractivity contribution in [1.82, 2.24) is 9.29 Å². The molecule has 1 saturated heterocycles. The largest absolute Gasteiger partial charge is 0.302 e. The van der Waals surface area contributed by atoms with Gasteiger partial charge in [-0.25, -0.2) is 12.8 Å². The summed E-state index contributed by atoms with van der Waals surface area (Å²) in [4.78, 5) is 19.2. The van der Waals surface area contributed by atoms with Gasteiger partial charge in [-0.3, -0.25) is 9.78 Å². The lowest BCUT2D eigenvalue weighted by molar-refractivity contribution is 0.0984. The van der Waals surface area contributed by atoms with Gasteiger partial charge in [0.2, 0.25) is 10.0 Å². The lowest BCUT2D eigenvalue weighted by Crippen LogP contribution is -2.32. The number of rotatable bonds is 6. The van der Waals surface area contributed by atoms with Crippen molar-refractivity contribution in [3.8, 4) is 0 Å². The zero-order chi connectivity index (χ0) is 22.7. The third-order valence-electron chi connectivity index (χ3n) is 5.30. The Morgan fingerprint density at radius 1 is 1.06 bits per heavy atom. The number of nitrogens with zero attached hydrogens (tertiary/aromatic N) is 3. The maximum atomic E-state index is 13.6. The topological polar surface area (TPSA) is 70.6 Å². The number of amides is 1. The van der Waals surface area contributed by atoms with Crippen LogP contribution in [-0.2, 0) is 16.6 Å². The highest BCUT2D eigenvalue weighted by Gasteiger charge is 2.29. The van der Waals surface area contributed by atoms with Gasteiger partial charge in [0.15, 0.2) is 0 Å². The summed E-state index contributed by atoms with van der Waals surface area (Å²) in [5.74, 6) is -0.943. The van der Waals surface area contributed by atoms with E-state index in [2.05, 4.69) is 4.98 Å². The van der Waals surface area contributed by atoms with Crippen molar-refractivity contribution >= 4 is 33.2 Å². The molecule has 2 aromatic carbocycles. The van der Waals surface area contributed by atoms with Gasteiger partial charge in [0.25, 0.3) is 5.91 Å². The SMILES string of the molecule is O=C(c1cc(S(=O)(=O)N2CCCC2)ccc1Cl)N(Cc1ccccn1)c1ccc(F)cc1. The van der Waals surface area contributed by atoms with Gasteiger partial charge in [-0.15, -0.1) is 0 Å².